The van der Waals surface area contributed by atoms with Gasteiger partial charge in [-0.1, -0.05) is 20.8 Å². The number of ether oxygens (including phenoxy) is 2. The third-order valence-corrected chi connectivity index (χ3v) is 14.5. The highest BCUT2D eigenvalue weighted by atomic mass is 28.4. The monoisotopic (exact) mass is 528 g/mol. The van der Waals surface area contributed by atoms with Gasteiger partial charge in [0.25, 0.3) is 0 Å². The summed E-state index contributed by atoms with van der Waals surface area (Å²) in [6, 6.07) is 6.00. The molecule has 0 radical (unpaired) electrons. The number of carbonyl (C=O) groups excluding carboxylic acids is 2. The van der Waals surface area contributed by atoms with E-state index in [0.717, 1.165) is 36.3 Å². The first-order valence-electron chi connectivity index (χ1n) is 13.8. The Morgan fingerprint density at radius 2 is 1.84 bits per heavy atom. The Balaban J connectivity index is 1.71. The molecule has 7 nitrogen and oxygen atoms in total. The van der Waals surface area contributed by atoms with Crippen LogP contribution in [0, 0.1) is 11.8 Å². The van der Waals surface area contributed by atoms with Crippen molar-refractivity contribution in [3.63, 3.8) is 0 Å². The molecule has 8 heteroatoms. The molecule has 0 N–H and O–H groups in total. The van der Waals surface area contributed by atoms with Gasteiger partial charge in [-0.15, -0.1) is 0 Å². The van der Waals surface area contributed by atoms with E-state index >= 15 is 0 Å². The van der Waals surface area contributed by atoms with Gasteiger partial charge in [-0.25, -0.2) is 4.79 Å². The largest absolute Gasteiger partial charge is 0.497 e. The van der Waals surface area contributed by atoms with E-state index in [1.807, 2.05) is 42.7 Å². The van der Waals surface area contributed by atoms with Gasteiger partial charge in [0.15, 0.2) is 8.32 Å². The normalized spacial score (nSPS) is 30.8. The Bertz CT molecular complexity index is 1120. The summed E-state index contributed by atoms with van der Waals surface area (Å²) in [5.41, 5.74) is 0.0816. The van der Waals surface area contributed by atoms with Crippen LogP contribution in [0.4, 0.5) is 10.5 Å². The van der Waals surface area contributed by atoms with Gasteiger partial charge in [-0.2, -0.15) is 0 Å². The van der Waals surface area contributed by atoms with Gasteiger partial charge in [0.05, 0.1) is 12.8 Å². The predicted molar refractivity (Wildman–Crippen MR) is 146 cm³/mol. The van der Waals surface area contributed by atoms with Crippen molar-refractivity contribution in [1.29, 1.82) is 0 Å². The topological polar surface area (TPSA) is 68.3 Å². The second-order valence-corrected chi connectivity index (χ2v) is 18.8. The van der Waals surface area contributed by atoms with Gasteiger partial charge in [0.1, 0.15) is 17.0 Å². The highest BCUT2D eigenvalue weighted by Gasteiger charge is 2.77. The van der Waals surface area contributed by atoms with Crippen molar-refractivity contribution in [2.45, 2.75) is 102 Å². The van der Waals surface area contributed by atoms with Crippen LogP contribution in [0.2, 0.25) is 18.1 Å². The number of anilines is 1. The average molecular weight is 529 g/mol. The summed E-state index contributed by atoms with van der Waals surface area (Å²) in [5, 5.41) is 0.0863. The van der Waals surface area contributed by atoms with E-state index in [4.69, 9.17) is 13.9 Å². The SMILES string of the molecule is COc1ccc2c(c1)[C@@]13CCN4C(=O)C[C@@H](CC[C@@]41N2C(=O)OC(C)(C)C)[C@@H]3CO[Si](C)(C)C(C)(C)C. The summed E-state index contributed by atoms with van der Waals surface area (Å²) in [5.74, 6) is 1.24. The first-order valence-corrected chi connectivity index (χ1v) is 16.7. The number of amides is 2. The molecule has 2 amide bonds. The standard InChI is InChI=1S/C29H44N2O5Si/c1-26(2,3)36-25(33)31-23-11-10-20(34-7)17-21(23)28-14-15-30-24(32)16-19(12-13-29(28,30)31)22(28)18-35-37(8,9)27(4,5)6/h10-11,17,19,22H,12-16,18H2,1-9H3/t19-,22+,28-,29+/m1/s1. The third-order valence-electron chi connectivity index (χ3n) is 10.00. The fourth-order valence-corrected chi connectivity index (χ4v) is 8.41. The number of fused-ring (bicyclic) bond motifs is 3. The van der Waals surface area contributed by atoms with E-state index < -0.39 is 25.0 Å². The molecule has 5 aliphatic rings. The summed E-state index contributed by atoms with van der Waals surface area (Å²) in [7, 11) is -0.359. The van der Waals surface area contributed by atoms with Crippen LogP contribution in [0.25, 0.3) is 0 Å². The minimum Gasteiger partial charge on any atom is -0.497 e. The molecule has 4 heterocycles. The summed E-state index contributed by atoms with van der Waals surface area (Å²) in [4.78, 5) is 31.7. The van der Waals surface area contributed by atoms with Crippen LogP contribution in [-0.2, 0) is 19.4 Å². The summed E-state index contributed by atoms with van der Waals surface area (Å²) < 4.78 is 18.6. The molecular weight excluding hydrogens is 484 g/mol. The van der Waals surface area contributed by atoms with Crippen LogP contribution in [0.15, 0.2) is 18.2 Å². The molecular formula is C29H44N2O5Si. The Labute approximate surface area is 222 Å². The average Bonchev–Trinajstić information content (AvgIpc) is 3.16. The lowest BCUT2D eigenvalue weighted by atomic mass is 9.55. The molecule has 4 bridgehead atoms. The molecule has 1 aromatic carbocycles. The lowest BCUT2D eigenvalue weighted by molar-refractivity contribution is -0.134. The molecule has 4 aliphatic heterocycles. The molecule has 1 aromatic rings. The first kappa shape index (κ1) is 26.5. The van der Waals surface area contributed by atoms with E-state index in [0.29, 0.717) is 19.6 Å². The zero-order valence-electron chi connectivity index (χ0n) is 24.1. The van der Waals surface area contributed by atoms with Crippen molar-refractivity contribution >= 4 is 26.0 Å². The van der Waals surface area contributed by atoms with E-state index in [9.17, 15) is 9.59 Å². The quantitative estimate of drug-likeness (QED) is 0.444. The third kappa shape index (κ3) is 3.61. The Hall–Kier alpha value is -2.06. The molecule has 0 unspecified atom stereocenters. The number of hydrogen-bond acceptors (Lipinski definition) is 5. The molecule has 4 fully saturated rings. The molecule has 1 aliphatic carbocycles. The minimum atomic E-state index is -2.04. The van der Waals surface area contributed by atoms with Crippen molar-refractivity contribution in [1.82, 2.24) is 4.90 Å². The van der Waals surface area contributed by atoms with E-state index in [1.165, 1.54) is 0 Å². The summed E-state index contributed by atoms with van der Waals surface area (Å²) in [6.45, 7) is 18.3. The number of hydrogen-bond donors (Lipinski definition) is 0. The highest BCUT2D eigenvalue weighted by Crippen LogP contribution is 2.70. The van der Waals surface area contributed by atoms with Crippen LogP contribution in [0.3, 0.4) is 0 Å². The Morgan fingerprint density at radius 3 is 2.46 bits per heavy atom. The highest BCUT2D eigenvalue weighted by molar-refractivity contribution is 6.74. The number of benzene rings is 1. The van der Waals surface area contributed by atoms with Crippen LogP contribution in [0.5, 0.6) is 5.75 Å². The minimum absolute atomic E-state index is 0.0863. The molecule has 0 aromatic heterocycles. The van der Waals surface area contributed by atoms with Gasteiger partial charge < -0.3 is 18.8 Å². The number of methoxy groups -OCH3 is 1. The fraction of sp³-hybridized carbons (Fsp3) is 0.724. The van der Waals surface area contributed by atoms with E-state index in [-0.39, 0.29) is 28.9 Å². The molecule has 3 saturated heterocycles. The Kier molecular flexibility index (Phi) is 5.89. The van der Waals surface area contributed by atoms with Crippen molar-refractivity contribution < 1.29 is 23.5 Å². The van der Waals surface area contributed by atoms with Gasteiger partial charge >= 0.3 is 6.09 Å². The molecule has 1 spiro atoms. The van der Waals surface area contributed by atoms with Crippen molar-refractivity contribution in [3.8, 4) is 5.75 Å². The second kappa shape index (κ2) is 8.22. The van der Waals surface area contributed by atoms with Gasteiger partial charge in [-0.3, -0.25) is 9.69 Å². The van der Waals surface area contributed by atoms with Crippen molar-refractivity contribution in [2.24, 2.45) is 11.8 Å². The van der Waals surface area contributed by atoms with Crippen LogP contribution in [0.1, 0.15) is 72.8 Å². The molecule has 6 rings (SSSR count). The van der Waals surface area contributed by atoms with Crippen LogP contribution >= 0.6 is 0 Å². The lowest BCUT2D eigenvalue weighted by Crippen LogP contribution is -2.69. The molecule has 1 saturated carbocycles. The predicted octanol–water partition coefficient (Wildman–Crippen LogP) is 6.07. The number of rotatable bonds is 4. The van der Waals surface area contributed by atoms with Crippen LogP contribution < -0.4 is 9.64 Å². The fourth-order valence-electron chi connectivity index (χ4n) is 7.38. The van der Waals surface area contributed by atoms with E-state index in [2.05, 4.69) is 39.9 Å². The molecule has 4 atom stereocenters. The molecule has 204 valence electrons. The van der Waals surface area contributed by atoms with Gasteiger partial charge in [0.2, 0.25) is 5.91 Å². The summed E-state index contributed by atoms with van der Waals surface area (Å²) in [6.07, 6.45) is 2.57. The maximum atomic E-state index is 14.0. The van der Waals surface area contributed by atoms with Crippen LogP contribution in [-0.4, -0.2) is 56.7 Å². The molecule has 37 heavy (non-hydrogen) atoms. The zero-order chi connectivity index (χ0) is 27.2. The lowest BCUT2D eigenvalue weighted by Gasteiger charge is -2.55. The zero-order valence-corrected chi connectivity index (χ0v) is 25.1. The smallest absolute Gasteiger partial charge is 0.416 e. The van der Waals surface area contributed by atoms with Crippen molar-refractivity contribution in [3.05, 3.63) is 23.8 Å². The maximum absolute atomic E-state index is 14.0. The number of nitrogens with zero attached hydrogens (tertiary/aromatic N) is 2. The second-order valence-electron chi connectivity index (χ2n) is 14.0. The Morgan fingerprint density at radius 1 is 1.14 bits per heavy atom. The summed E-state index contributed by atoms with van der Waals surface area (Å²) >= 11 is 0. The van der Waals surface area contributed by atoms with Crippen molar-refractivity contribution in [2.75, 3.05) is 25.2 Å². The van der Waals surface area contributed by atoms with Gasteiger partial charge in [0, 0.05) is 25.0 Å². The van der Waals surface area contributed by atoms with E-state index in [1.54, 1.807) is 7.11 Å². The van der Waals surface area contributed by atoms with Gasteiger partial charge in [-0.05, 0) is 93.8 Å². The number of carbonyl (C=O) groups is 2. The first-order chi connectivity index (χ1) is 17.1. The maximum Gasteiger partial charge on any atom is 0.416 e.